The van der Waals surface area contributed by atoms with Crippen molar-refractivity contribution in [3.05, 3.63) is 32.9 Å². The van der Waals surface area contributed by atoms with Gasteiger partial charge in [-0.05, 0) is 53.1 Å². The normalized spacial score (nSPS) is 10.5. The van der Waals surface area contributed by atoms with Gasteiger partial charge in [0, 0.05) is 14.6 Å². The minimum Gasteiger partial charge on any atom is -0.377 e. The molecule has 1 nitrogen and oxygen atoms in total. The molecule has 0 aliphatic heterocycles. The topological polar surface area (TPSA) is 9.23 Å². The summed E-state index contributed by atoms with van der Waals surface area (Å²) in [6.07, 6.45) is 1.14. The second-order valence-electron chi connectivity index (χ2n) is 3.18. The third kappa shape index (κ3) is 4.44. The van der Waals surface area contributed by atoms with Crippen LogP contribution < -0.4 is 0 Å². The summed E-state index contributed by atoms with van der Waals surface area (Å²) in [5.41, 5.74) is 2.61. The van der Waals surface area contributed by atoms with E-state index in [4.69, 9.17) is 4.74 Å². The number of rotatable bonds is 5. The van der Waals surface area contributed by atoms with Crippen molar-refractivity contribution in [3.63, 3.8) is 0 Å². The number of alkyl halides is 1. The van der Waals surface area contributed by atoms with Gasteiger partial charge in [-0.3, -0.25) is 0 Å². The Balaban J connectivity index is 2.39. The minimum atomic E-state index is 0.743. The van der Waals surface area contributed by atoms with E-state index in [1.54, 1.807) is 0 Å². The molecule has 0 unspecified atom stereocenters. The van der Waals surface area contributed by atoms with Gasteiger partial charge in [0.15, 0.2) is 0 Å². The van der Waals surface area contributed by atoms with Crippen LogP contribution in [0.3, 0.4) is 0 Å². The van der Waals surface area contributed by atoms with Crippen molar-refractivity contribution < 1.29 is 4.74 Å². The summed E-state index contributed by atoms with van der Waals surface area (Å²) < 4.78 is 8.03. The highest BCUT2D eigenvalue weighted by atomic mass is 127. The van der Waals surface area contributed by atoms with E-state index in [0.29, 0.717) is 0 Å². The zero-order valence-corrected chi connectivity index (χ0v) is 12.5. The third-order valence-corrected chi connectivity index (χ3v) is 3.85. The van der Waals surface area contributed by atoms with E-state index in [9.17, 15) is 0 Å². The Morgan fingerprint density at radius 3 is 2.79 bits per heavy atom. The first kappa shape index (κ1) is 12.7. The van der Waals surface area contributed by atoms with Crippen molar-refractivity contribution in [1.82, 2.24) is 0 Å². The molecule has 0 saturated carbocycles. The molecule has 0 bridgehead atoms. The quantitative estimate of drug-likeness (QED) is 0.402. The van der Waals surface area contributed by atoms with E-state index in [0.717, 1.165) is 19.6 Å². The molecular formula is C11H14I2O. The lowest BCUT2D eigenvalue weighted by Crippen LogP contribution is -1.96. The number of aryl methyl sites for hydroxylation is 1. The van der Waals surface area contributed by atoms with Crippen LogP contribution in [0.1, 0.15) is 17.5 Å². The Morgan fingerprint density at radius 2 is 2.14 bits per heavy atom. The summed E-state index contributed by atoms with van der Waals surface area (Å²) in [5, 5.41) is 0. The average Bonchev–Trinajstić information content (AvgIpc) is 2.18. The third-order valence-electron chi connectivity index (χ3n) is 1.93. The van der Waals surface area contributed by atoms with Crippen LogP contribution in [0.15, 0.2) is 18.2 Å². The fraction of sp³-hybridized carbons (Fsp3) is 0.455. The molecule has 0 aliphatic rings. The molecule has 0 N–H and O–H groups in total. The molecule has 0 aromatic heterocycles. The van der Waals surface area contributed by atoms with Gasteiger partial charge in [-0.15, -0.1) is 0 Å². The molecule has 1 rings (SSSR count). The van der Waals surface area contributed by atoms with Crippen molar-refractivity contribution in [1.29, 1.82) is 0 Å². The minimum absolute atomic E-state index is 0.743. The molecule has 0 fully saturated rings. The van der Waals surface area contributed by atoms with Crippen LogP contribution >= 0.6 is 45.2 Å². The first-order valence-electron chi connectivity index (χ1n) is 4.63. The molecule has 14 heavy (non-hydrogen) atoms. The van der Waals surface area contributed by atoms with Crippen molar-refractivity contribution in [3.8, 4) is 0 Å². The lowest BCUT2D eigenvalue weighted by Gasteiger charge is -2.05. The molecule has 0 aliphatic carbocycles. The maximum Gasteiger partial charge on any atom is 0.0717 e. The van der Waals surface area contributed by atoms with Crippen LogP contribution in [0.4, 0.5) is 0 Å². The van der Waals surface area contributed by atoms with Crippen molar-refractivity contribution in [2.24, 2.45) is 0 Å². The first-order valence-corrected chi connectivity index (χ1v) is 7.23. The number of halogens is 2. The summed E-state index contributed by atoms with van der Waals surface area (Å²) in [4.78, 5) is 0. The Morgan fingerprint density at radius 1 is 1.36 bits per heavy atom. The van der Waals surface area contributed by atoms with Crippen LogP contribution in [0, 0.1) is 10.5 Å². The number of ether oxygens (including phenoxy) is 1. The zero-order valence-electron chi connectivity index (χ0n) is 8.22. The summed E-state index contributed by atoms with van der Waals surface area (Å²) in [6.45, 7) is 3.74. The van der Waals surface area contributed by atoms with Gasteiger partial charge in [0.1, 0.15) is 0 Å². The van der Waals surface area contributed by atoms with Gasteiger partial charge in [-0.25, -0.2) is 0 Å². The van der Waals surface area contributed by atoms with Gasteiger partial charge < -0.3 is 4.74 Å². The molecule has 3 heteroatoms. The molecule has 0 saturated heterocycles. The van der Waals surface area contributed by atoms with Gasteiger partial charge in [-0.1, -0.05) is 34.7 Å². The van der Waals surface area contributed by atoms with Crippen LogP contribution in [-0.4, -0.2) is 11.0 Å². The van der Waals surface area contributed by atoms with Crippen molar-refractivity contribution >= 4 is 45.2 Å². The van der Waals surface area contributed by atoms with Gasteiger partial charge >= 0.3 is 0 Å². The lowest BCUT2D eigenvalue weighted by molar-refractivity contribution is 0.122. The fourth-order valence-electron chi connectivity index (χ4n) is 1.07. The molecule has 1 aromatic carbocycles. The van der Waals surface area contributed by atoms with E-state index < -0.39 is 0 Å². The standard InChI is InChI=1S/C11H14I2O/c1-9-3-4-10(7-11(9)13)8-14-6-2-5-12/h3-4,7H,2,5-6,8H2,1H3. The molecule has 0 heterocycles. The Hall–Kier alpha value is 0.640. The zero-order chi connectivity index (χ0) is 10.4. The predicted octanol–water partition coefficient (Wildman–Crippen LogP) is 3.94. The predicted molar refractivity (Wildman–Crippen MR) is 77.1 cm³/mol. The van der Waals surface area contributed by atoms with Crippen LogP contribution in [0.2, 0.25) is 0 Å². The highest BCUT2D eigenvalue weighted by Crippen LogP contribution is 2.14. The fourth-order valence-corrected chi connectivity index (χ4v) is 1.96. The average molecular weight is 416 g/mol. The van der Waals surface area contributed by atoms with Crippen molar-refractivity contribution in [2.75, 3.05) is 11.0 Å². The van der Waals surface area contributed by atoms with Gasteiger partial charge in [-0.2, -0.15) is 0 Å². The highest BCUT2D eigenvalue weighted by molar-refractivity contribution is 14.1. The Bertz CT molecular complexity index is 287. The Labute approximate surface area is 113 Å². The second kappa shape index (κ2) is 7.00. The summed E-state index contributed by atoms with van der Waals surface area (Å²) >= 11 is 4.73. The molecule has 1 aromatic rings. The maximum absolute atomic E-state index is 5.55. The first-order chi connectivity index (χ1) is 6.74. The van der Waals surface area contributed by atoms with E-state index in [-0.39, 0.29) is 0 Å². The van der Waals surface area contributed by atoms with Crippen molar-refractivity contribution in [2.45, 2.75) is 20.0 Å². The van der Waals surface area contributed by atoms with Gasteiger partial charge in [0.25, 0.3) is 0 Å². The second-order valence-corrected chi connectivity index (χ2v) is 5.42. The Kier molecular flexibility index (Phi) is 6.36. The molecule has 0 atom stereocenters. The summed E-state index contributed by atoms with van der Waals surface area (Å²) in [6, 6.07) is 6.49. The van der Waals surface area contributed by atoms with E-state index in [2.05, 4.69) is 70.3 Å². The van der Waals surface area contributed by atoms with Crippen LogP contribution in [-0.2, 0) is 11.3 Å². The number of hydrogen-bond donors (Lipinski definition) is 0. The molecule has 0 amide bonds. The molecule has 78 valence electrons. The molecule has 0 radical (unpaired) electrons. The largest absolute Gasteiger partial charge is 0.377 e. The molecule has 0 spiro atoms. The number of benzene rings is 1. The summed E-state index contributed by atoms with van der Waals surface area (Å²) in [7, 11) is 0. The lowest BCUT2D eigenvalue weighted by atomic mass is 10.2. The summed E-state index contributed by atoms with van der Waals surface area (Å²) in [5.74, 6) is 0. The molecular weight excluding hydrogens is 402 g/mol. The van der Waals surface area contributed by atoms with Gasteiger partial charge in [0.2, 0.25) is 0 Å². The number of hydrogen-bond acceptors (Lipinski definition) is 1. The van der Waals surface area contributed by atoms with Crippen LogP contribution in [0.25, 0.3) is 0 Å². The SMILES string of the molecule is Cc1ccc(COCCCI)cc1I. The monoisotopic (exact) mass is 416 g/mol. The van der Waals surface area contributed by atoms with Crippen LogP contribution in [0.5, 0.6) is 0 Å². The van der Waals surface area contributed by atoms with Gasteiger partial charge in [0.05, 0.1) is 6.61 Å². The highest BCUT2D eigenvalue weighted by Gasteiger charge is 1.97. The van der Waals surface area contributed by atoms with E-state index in [1.807, 2.05) is 0 Å². The maximum atomic E-state index is 5.55. The smallest absolute Gasteiger partial charge is 0.0717 e. The van der Waals surface area contributed by atoms with E-state index >= 15 is 0 Å². The van der Waals surface area contributed by atoms with E-state index in [1.165, 1.54) is 19.1 Å².